The summed E-state index contributed by atoms with van der Waals surface area (Å²) in [6, 6.07) is 0. The summed E-state index contributed by atoms with van der Waals surface area (Å²) < 4.78 is 10.1. The number of hydrogen-bond donors (Lipinski definition) is 0. The fourth-order valence-electron chi connectivity index (χ4n) is 1.82. The number of rotatable bonds is 3. The van der Waals surface area contributed by atoms with Crippen LogP contribution in [0.3, 0.4) is 0 Å². The Hall–Kier alpha value is -1.96. The number of likely N-dealkylation sites (tertiary alicyclic amines) is 1. The third kappa shape index (κ3) is 3.52. The van der Waals surface area contributed by atoms with Gasteiger partial charge in [0, 0.05) is 32.9 Å². The molecule has 5 heteroatoms. The van der Waals surface area contributed by atoms with Crippen molar-refractivity contribution in [3.63, 3.8) is 0 Å². The summed E-state index contributed by atoms with van der Waals surface area (Å²) in [5.41, 5.74) is -0.888. The van der Waals surface area contributed by atoms with Gasteiger partial charge in [-0.1, -0.05) is 18.6 Å². The molecule has 0 spiro atoms. The Morgan fingerprint density at radius 3 is 2.56 bits per heavy atom. The maximum absolute atomic E-state index is 11.6. The summed E-state index contributed by atoms with van der Waals surface area (Å²) in [5, 5.41) is 0. The Balaban J connectivity index is 2.53. The SMILES string of the molecule is C#CC1(OC(C)=O)CCN(C(=O)OCC=C)CC1. The topological polar surface area (TPSA) is 55.8 Å². The molecule has 18 heavy (non-hydrogen) atoms. The number of carbonyl (C=O) groups excluding carboxylic acids is 2. The van der Waals surface area contributed by atoms with Crippen LogP contribution >= 0.6 is 0 Å². The number of ether oxygens (including phenoxy) is 2. The molecule has 1 amide bonds. The quantitative estimate of drug-likeness (QED) is 0.431. The summed E-state index contributed by atoms with van der Waals surface area (Å²) in [4.78, 5) is 24.1. The lowest BCUT2D eigenvalue weighted by Gasteiger charge is -2.37. The van der Waals surface area contributed by atoms with Crippen LogP contribution in [-0.2, 0) is 14.3 Å². The van der Waals surface area contributed by atoms with Crippen LogP contribution in [-0.4, -0.2) is 42.3 Å². The zero-order valence-corrected chi connectivity index (χ0v) is 10.5. The first-order valence-electron chi connectivity index (χ1n) is 5.73. The molecule has 0 unspecified atom stereocenters. The summed E-state index contributed by atoms with van der Waals surface area (Å²) in [5.74, 6) is 2.11. The van der Waals surface area contributed by atoms with Gasteiger partial charge in [-0.3, -0.25) is 4.79 Å². The van der Waals surface area contributed by atoms with Gasteiger partial charge >= 0.3 is 12.1 Å². The van der Waals surface area contributed by atoms with Crippen LogP contribution in [0.15, 0.2) is 12.7 Å². The molecule has 0 atom stereocenters. The van der Waals surface area contributed by atoms with Gasteiger partial charge in [0.25, 0.3) is 0 Å². The van der Waals surface area contributed by atoms with E-state index in [-0.39, 0.29) is 6.61 Å². The van der Waals surface area contributed by atoms with Crippen molar-refractivity contribution in [3.8, 4) is 12.3 Å². The number of esters is 1. The van der Waals surface area contributed by atoms with Crippen LogP contribution < -0.4 is 0 Å². The maximum atomic E-state index is 11.6. The normalized spacial score (nSPS) is 17.4. The van der Waals surface area contributed by atoms with Gasteiger partial charge in [0.15, 0.2) is 5.60 Å². The zero-order chi connectivity index (χ0) is 13.6. The number of terminal acetylenes is 1. The van der Waals surface area contributed by atoms with E-state index in [1.165, 1.54) is 13.0 Å². The molecule has 1 saturated heterocycles. The summed E-state index contributed by atoms with van der Waals surface area (Å²) in [7, 11) is 0. The minimum absolute atomic E-state index is 0.180. The fraction of sp³-hybridized carbons (Fsp3) is 0.538. The van der Waals surface area contributed by atoms with E-state index in [1.54, 1.807) is 4.90 Å². The molecule has 0 saturated carbocycles. The average Bonchev–Trinajstić information content (AvgIpc) is 2.36. The van der Waals surface area contributed by atoms with Crippen molar-refractivity contribution < 1.29 is 19.1 Å². The van der Waals surface area contributed by atoms with Gasteiger partial charge in [0.1, 0.15) is 6.61 Å². The van der Waals surface area contributed by atoms with Gasteiger partial charge in [-0.2, -0.15) is 0 Å². The van der Waals surface area contributed by atoms with Gasteiger partial charge in [0.05, 0.1) is 0 Å². The first-order chi connectivity index (χ1) is 8.53. The van der Waals surface area contributed by atoms with Gasteiger partial charge in [-0.15, -0.1) is 6.42 Å². The monoisotopic (exact) mass is 251 g/mol. The summed E-state index contributed by atoms with van der Waals surface area (Å²) >= 11 is 0. The first kappa shape index (κ1) is 14.1. The molecule has 1 aliphatic heterocycles. The summed E-state index contributed by atoms with van der Waals surface area (Å²) in [6.07, 6.45) is 7.37. The Morgan fingerprint density at radius 1 is 1.50 bits per heavy atom. The molecule has 1 heterocycles. The number of nitrogens with zero attached hydrogens (tertiary/aromatic N) is 1. The Bertz CT molecular complexity index is 375. The van der Waals surface area contributed by atoms with Crippen LogP contribution in [0.25, 0.3) is 0 Å². The third-order valence-corrected chi connectivity index (χ3v) is 2.76. The van der Waals surface area contributed by atoms with Crippen LogP contribution in [0.1, 0.15) is 19.8 Å². The first-order valence-corrected chi connectivity index (χ1v) is 5.73. The van der Waals surface area contributed by atoms with Gasteiger partial charge in [-0.25, -0.2) is 4.79 Å². The van der Waals surface area contributed by atoms with E-state index in [9.17, 15) is 9.59 Å². The Morgan fingerprint density at radius 2 is 2.11 bits per heavy atom. The molecule has 0 aromatic rings. The van der Waals surface area contributed by atoms with E-state index < -0.39 is 17.7 Å². The highest BCUT2D eigenvalue weighted by Gasteiger charge is 2.37. The Labute approximate surface area is 107 Å². The molecular weight excluding hydrogens is 234 g/mol. The van der Waals surface area contributed by atoms with E-state index in [4.69, 9.17) is 15.9 Å². The molecule has 0 bridgehead atoms. The van der Waals surface area contributed by atoms with Crippen LogP contribution in [0.5, 0.6) is 0 Å². The second-order valence-electron chi connectivity index (χ2n) is 4.08. The van der Waals surface area contributed by atoms with Crippen LogP contribution in [0.2, 0.25) is 0 Å². The predicted octanol–water partition coefficient (Wildman–Crippen LogP) is 1.34. The van der Waals surface area contributed by atoms with Crippen molar-refractivity contribution in [2.45, 2.75) is 25.4 Å². The van der Waals surface area contributed by atoms with E-state index in [1.807, 2.05) is 0 Å². The smallest absolute Gasteiger partial charge is 0.410 e. The van der Waals surface area contributed by atoms with Crippen molar-refractivity contribution in [2.24, 2.45) is 0 Å². The minimum Gasteiger partial charge on any atom is -0.446 e. The lowest BCUT2D eigenvalue weighted by molar-refractivity contribution is -0.154. The second-order valence-corrected chi connectivity index (χ2v) is 4.08. The van der Waals surface area contributed by atoms with E-state index >= 15 is 0 Å². The van der Waals surface area contributed by atoms with Gasteiger partial charge in [0.2, 0.25) is 0 Å². The average molecular weight is 251 g/mol. The number of hydrogen-bond acceptors (Lipinski definition) is 4. The number of carbonyl (C=O) groups is 2. The second kappa shape index (κ2) is 6.10. The molecule has 0 N–H and O–H groups in total. The van der Waals surface area contributed by atoms with Crippen LogP contribution in [0, 0.1) is 12.3 Å². The number of amides is 1. The standard InChI is InChI=1S/C13H17NO4/c1-4-10-17-12(16)14-8-6-13(5-2,7-9-14)18-11(3)15/h2,4H,1,6-10H2,3H3. The molecular formula is C13H17NO4. The molecule has 0 aromatic carbocycles. The molecule has 98 valence electrons. The third-order valence-electron chi connectivity index (χ3n) is 2.76. The van der Waals surface area contributed by atoms with Gasteiger partial charge < -0.3 is 14.4 Å². The highest BCUT2D eigenvalue weighted by atomic mass is 16.6. The molecule has 5 nitrogen and oxygen atoms in total. The highest BCUT2D eigenvalue weighted by Crippen LogP contribution is 2.26. The van der Waals surface area contributed by atoms with Crippen molar-refractivity contribution in [3.05, 3.63) is 12.7 Å². The molecule has 1 rings (SSSR count). The van der Waals surface area contributed by atoms with Crippen LogP contribution in [0.4, 0.5) is 4.79 Å². The fourth-order valence-corrected chi connectivity index (χ4v) is 1.82. The van der Waals surface area contributed by atoms with Gasteiger partial charge in [-0.05, 0) is 0 Å². The maximum Gasteiger partial charge on any atom is 0.410 e. The van der Waals surface area contributed by atoms with Crippen molar-refractivity contribution in [2.75, 3.05) is 19.7 Å². The Kier molecular flexibility index (Phi) is 4.78. The van der Waals surface area contributed by atoms with Crippen molar-refractivity contribution in [1.29, 1.82) is 0 Å². The molecule has 1 fully saturated rings. The lowest BCUT2D eigenvalue weighted by Crippen LogP contribution is -2.48. The largest absolute Gasteiger partial charge is 0.446 e. The zero-order valence-electron chi connectivity index (χ0n) is 10.5. The molecule has 1 aliphatic rings. The molecule has 0 aliphatic carbocycles. The number of piperidine rings is 1. The highest BCUT2D eigenvalue weighted by molar-refractivity contribution is 5.68. The molecule has 0 aromatic heterocycles. The van der Waals surface area contributed by atoms with E-state index in [0.29, 0.717) is 25.9 Å². The van der Waals surface area contributed by atoms with E-state index in [2.05, 4.69) is 12.5 Å². The molecule has 0 radical (unpaired) electrons. The lowest BCUT2D eigenvalue weighted by atomic mass is 9.92. The minimum atomic E-state index is -0.888. The summed E-state index contributed by atoms with van der Waals surface area (Å²) in [6.45, 7) is 5.79. The van der Waals surface area contributed by atoms with E-state index in [0.717, 1.165) is 0 Å². The van der Waals surface area contributed by atoms with Crippen molar-refractivity contribution >= 4 is 12.1 Å². The predicted molar refractivity (Wildman–Crippen MR) is 65.7 cm³/mol. The van der Waals surface area contributed by atoms with Crippen molar-refractivity contribution in [1.82, 2.24) is 4.90 Å².